The summed E-state index contributed by atoms with van der Waals surface area (Å²) in [7, 11) is -2.99. The lowest BCUT2D eigenvalue weighted by molar-refractivity contribution is 0.542. The summed E-state index contributed by atoms with van der Waals surface area (Å²) in [6.07, 6.45) is 1.19. The number of rotatable bonds is 5. The summed E-state index contributed by atoms with van der Waals surface area (Å²) in [6.45, 7) is 2.10. The zero-order valence-corrected chi connectivity index (χ0v) is 10.2. The highest BCUT2D eigenvalue weighted by atomic mass is 32.2. The quantitative estimate of drug-likeness (QED) is 0.851. The lowest BCUT2D eigenvalue weighted by Gasteiger charge is -2.12. The maximum Gasteiger partial charge on any atom is 0.148 e. The monoisotopic (exact) mass is 245 g/mol. The first-order valence-corrected chi connectivity index (χ1v) is 7.09. The Morgan fingerprint density at radius 1 is 1.38 bits per heavy atom. The van der Waals surface area contributed by atoms with Gasteiger partial charge in [-0.05, 0) is 13.0 Å². The fourth-order valence-electron chi connectivity index (χ4n) is 1.44. The summed E-state index contributed by atoms with van der Waals surface area (Å²) in [4.78, 5) is 0. The van der Waals surface area contributed by atoms with Crippen LogP contribution in [-0.2, 0) is 16.4 Å². The predicted molar refractivity (Wildman–Crippen MR) is 62.4 cm³/mol. The van der Waals surface area contributed by atoms with Crippen molar-refractivity contribution in [3.8, 4) is 0 Å². The molecule has 0 aliphatic rings. The second-order valence-corrected chi connectivity index (χ2v) is 6.15. The molecule has 1 aromatic carbocycles. The smallest absolute Gasteiger partial charge is 0.148 e. The first-order chi connectivity index (χ1) is 7.38. The van der Waals surface area contributed by atoms with E-state index in [-0.39, 0.29) is 17.6 Å². The Kier molecular flexibility index (Phi) is 4.44. The van der Waals surface area contributed by atoms with Crippen LogP contribution >= 0.6 is 0 Å². The third-order valence-electron chi connectivity index (χ3n) is 2.15. The molecule has 0 bridgehead atoms. The molecule has 0 aliphatic heterocycles. The van der Waals surface area contributed by atoms with Crippen LogP contribution < -0.4 is 5.32 Å². The molecule has 5 heteroatoms. The molecule has 0 spiro atoms. The average Bonchev–Trinajstić information content (AvgIpc) is 2.14. The van der Waals surface area contributed by atoms with Gasteiger partial charge in [-0.25, -0.2) is 12.8 Å². The van der Waals surface area contributed by atoms with Crippen LogP contribution in [0.2, 0.25) is 0 Å². The van der Waals surface area contributed by atoms with Gasteiger partial charge in [-0.1, -0.05) is 18.2 Å². The SMILES string of the molecule is CC(CS(C)(=O)=O)NCc1ccccc1F. The van der Waals surface area contributed by atoms with Crippen molar-refractivity contribution < 1.29 is 12.8 Å². The summed E-state index contributed by atoms with van der Waals surface area (Å²) >= 11 is 0. The Morgan fingerprint density at radius 2 is 2.00 bits per heavy atom. The molecule has 0 saturated carbocycles. The van der Waals surface area contributed by atoms with Crippen LogP contribution in [-0.4, -0.2) is 26.5 Å². The van der Waals surface area contributed by atoms with Crippen molar-refractivity contribution >= 4 is 9.84 Å². The van der Waals surface area contributed by atoms with Gasteiger partial charge in [0.05, 0.1) is 5.75 Å². The molecule has 16 heavy (non-hydrogen) atoms. The van der Waals surface area contributed by atoms with Gasteiger partial charge in [-0.3, -0.25) is 0 Å². The molecule has 0 aliphatic carbocycles. The van der Waals surface area contributed by atoms with E-state index in [9.17, 15) is 12.8 Å². The standard InChI is InChI=1S/C11H16FNO2S/c1-9(8-16(2,14)15)13-7-10-5-3-4-6-11(10)12/h3-6,9,13H,7-8H2,1-2H3. The highest BCUT2D eigenvalue weighted by Gasteiger charge is 2.10. The van der Waals surface area contributed by atoms with Crippen molar-refractivity contribution in [2.75, 3.05) is 12.0 Å². The van der Waals surface area contributed by atoms with E-state index in [2.05, 4.69) is 5.32 Å². The number of halogens is 1. The Hall–Kier alpha value is -0.940. The number of hydrogen-bond acceptors (Lipinski definition) is 3. The topological polar surface area (TPSA) is 46.2 Å². The molecule has 1 aromatic rings. The number of hydrogen-bond donors (Lipinski definition) is 1. The van der Waals surface area contributed by atoms with Gasteiger partial charge in [-0.15, -0.1) is 0 Å². The Bertz CT molecular complexity index is 445. The van der Waals surface area contributed by atoms with E-state index in [4.69, 9.17) is 0 Å². The molecule has 3 nitrogen and oxygen atoms in total. The van der Waals surface area contributed by atoms with Crippen LogP contribution in [0.5, 0.6) is 0 Å². The highest BCUT2D eigenvalue weighted by molar-refractivity contribution is 7.90. The number of nitrogens with one attached hydrogen (secondary N) is 1. The minimum Gasteiger partial charge on any atom is -0.309 e. The predicted octanol–water partition coefficient (Wildman–Crippen LogP) is 1.35. The van der Waals surface area contributed by atoms with Gasteiger partial charge < -0.3 is 5.32 Å². The zero-order chi connectivity index (χ0) is 12.2. The Morgan fingerprint density at radius 3 is 2.56 bits per heavy atom. The summed E-state index contributed by atoms with van der Waals surface area (Å²) < 4.78 is 35.2. The van der Waals surface area contributed by atoms with Crippen molar-refractivity contribution in [1.29, 1.82) is 0 Å². The molecule has 1 atom stereocenters. The first-order valence-electron chi connectivity index (χ1n) is 5.03. The molecule has 0 fully saturated rings. The van der Waals surface area contributed by atoms with E-state index in [1.165, 1.54) is 12.3 Å². The Balaban J connectivity index is 2.49. The zero-order valence-electron chi connectivity index (χ0n) is 9.40. The van der Waals surface area contributed by atoms with Crippen LogP contribution in [0.3, 0.4) is 0 Å². The van der Waals surface area contributed by atoms with E-state index in [0.717, 1.165) is 0 Å². The van der Waals surface area contributed by atoms with Gasteiger partial charge in [0.2, 0.25) is 0 Å². The molecule has 0 heterocycles. The molecule has 1 unspecified atom stereocenters. The molecule has 1 N–H and O–H groups in total. The number of benzene rings is 1. The average molecular weight is 245 g/mol. The second kappa shape index (κ2) is 5.41. The van der Waals surface area contributed by atoms with Crippen LogP contribution in [0.1, 0.15) is 12.5 Å². The molecule has 1 rings (SSSR count). The molecule has 0 amide bonds. The van der Waals surface area contributed by atoms with Gasteiger partial charge in [0, 0.05) is 24.4 Å². The number of sulfone groups is 1. The van der Waals surface area contributed by atoms with Gasteiger partial charge in [0.25, 0.3) is 0 Å². The maximum atomic E-state index is 13.2. The highest BCUT2D eigenvalue weighted by Crippen LogP contribution is 2.06. The fraction of sp³-hybridized carbons (Fsp3) is 0.455. The lowest BCUT2D eigenvalue weighted by atomic mass is 10.2. The third kappa shape index (κ3) is 4.72. The molecule has 0 radical (unpaired) electrons. The van der Waals surface area contributed by atoms with E-state index >= 15 is 0 Å². The third-order valence-corrected chi connectivity index (χ3v) is 3.26. The van der Waals surface area contributed by atoms with Gasteiger partial charge in [0.15, 0.2) is 0 Å². The maximum absolute atomic E-state index is 13.2. The largest absolute Gasteiger partial charge is 0.309 e. The van der Waals surface area contributed by atoms with Crippen molar-refractivity contribution in [2.45, 2.75) is 19.5 Å². The summed E-state index contributed by atoms with van der Waals surface area (Å²) in [5.74, 6) is -0.219. The first kappa shape index (κ1) is 13.1. The molecule has 90 valence electrons. The minimum absolute atomic E-state index is 0.0570. The normalized spacial score (nSPS) is 13.7. The van der Waals surface area contributed by atoms with Crippen LogP contribution in [0.15, 0.2) is 24.3 Å². The summed E-state index contributed by atoms with van der Waals surface area (Å²) in [6, 6.07) is 6.25. The van der Waals surface area contributed by atoms with Gasteiger partial charge in [-0.2, -0.15) is 0 Å². The van der Waals surface area contributed by atoms with E-state index in [0.29, 0.717) is 12.1 Å². The second-order valence-electron chi connectivity index (χ2n) is 3.97. The van der Waals surface area contributed by atoms with Crippen molar-refractivity contribution in [2.24, 2.45) is 0 Å². The molecular formula is C11H16FNO2S. The Labute approximate surface area is 95.6 Å². The van der Waals surface area contributed by atoms with E-state index < -0.39 is 9.84 Å². The summed E-state index contributed by atoms with van der Waals surface area (Å²) in [5, 5.41) is 2.98. The van der Waals surface area contributed by atoms with E-state index in [1.54, 1.807) is 25.1 Å². The van der Waals surface area contributed by atoms with Crippen LogP contribution in [0.4, 0.5) is 4.39 Å². The van der Waals surface area contributed by atoms with E-state index in [1.807, 2.05) is 0 Å². The van der Waals surface area contributed by atoms with Gasteiger partial charge in [0.1, 0.15) is 15.7 Å². The van der Waals surface area contributed by atoms with Crippen molar-refractivity contribution in [3.05, 3.63) is 35.6 Å². The molecule has 0 aromatic heterocycles. The van der Waals surface area contributed by atoms with Crippen molar-refractivity contribution in [3.63, 3.8) is 0 Å². The molecular weight excluding hydrogens is 229 g/mol. The van der Waals surface area contributed by atoms with Gasteiger partial charge >= 0.3 is 0 Å². The molecule has 0 saturated heterocycles. The van der Waals surface area contributed by atoms with Crippen molar-refractivity contribution in [1.82, 2.24) is 5.32 Å². The summed E-state index contributed by atoms with van der Waals surface area (Å²) in [5.41, 5.74) is 0.544. The fourth-order valence-corrected chi connectivity index (χ4v) is 2.47. The minimum atomic E-state index is -2.99. The van der Waals surface area contributed by atoms with Crippen LogP contribution in [0, 0.1) is 5.82 Å². The van der Waals surface area contributed by atoms with Crippen LogP contribution in [0.25, 0.3) is 0 Å². The lowest BCUT2D eigenvalue weighted by Crippen LogP contribution is -2.32.